The Labute approximate surface area is 155 Å². The maximum atomic E-state index is 13.8. The zero-order valence-electron chi connectivity index (χ0n) is 15.5. The van der Waals surface area contributed by atoms with E-state index in [0.717, 1.165) is 29.7 Å². The van der Waals surface area contributed by atoms with Crippen molar-refractivity contribution >= 4 is 5.57 Å². The van der Waals surface area contributed by atoms with E-state index in [9.17, 15) is 4.39 Å². The van der Waals surface area contributed by atoms with Gasteiger partial charge in [0.25, 0.3) is 0 Å². The van der Waals surface area contributed by atoms with Crippen molar-refractivity contribution in [2.24, 2.45) is 0 Å². The number of halogens is 1. The summed E-state index contributed by atoms with van der Waals surface area (Å²) in [5, 5.41) is 0. The smallest absolute Gasteiger partial charge is 0.188 e. The number of ether oxygens (including phenoxy) is 2. The number of likely N-dealkylation sites (tertiary alicyclic amines) is 1. The fraction of sp³-hybridized carbons (Fsp3) is 0.364. The number of piperidine rings is 1. The molecule has 138 valence electrons. The third-order valence-electron chi connectivity index (χ3n) is 4.84. The Morgan fingerprint density at radius 1 is 1.19 bits per heavy atom. The molecule has 0 spiro atoms. The quantitative estimate of drug-likeness (QED) is 0.700. The molecule has 1 aliphatic heterocycles. The minimum atomic E-state index is -0.318. The number of hydrogen-bond acceptors (Lipinski definition) is 3. The summed E-state index contributed by atoms with van der Waals surface area (Å²) in [6, 6.07) is 15.3. The van der Waals surface area contributed by atoms with E-state index in [-0.39, 0.29) is 12.6 Å². The maximum Gasteiger partial charge on any atom is 0.188 e. The first-order valence-electron chi connectivity index (χ1n) is 9.08. The van der Waals surface area contributed by atoms with Gasteiger partial charge in [-0.15, -0.1) is 0 Å². The van der Waals surface area contributed by atoms with E-state index < -0.39 is 0 Å². The third-order valence-corrected chi connectivity index (χ3v) is 4.84. The average Bonchev–Trinajstić information content (AvgIpc) is 2.67. The van der Waals surface area contributed by atoms with Gasteiger partial charge in [0.05, 0.1) is 0 Å². The van der Waals surface area contributed by atoms with Gasteiger partial charge in [-0.3, -0.25) is 4.90 Å². The zero-order valence-corrected chi connectivity index (χ0v) is 15.5. The Kier molecular flexibility index (Phi) is 6.42. The molecule has 1 atom stereocenters. The van der Waals surface area contributed by atoms with Crippen molar-refractivity contribution in [2.75, 3.05) is 27.5 Å². The maximum absolute atomic E-state index is 13.8. The Hall–Kier alpha value is -2.17. The zero-order chi connectivity index (χ0) is 18.4. The first-order chi connectivity index (χ1) is 12.7. The number of hydrogen-bond donors (Lipinski definition) is 0. The Bertz CT molecular complexity index is 745. The number of likely N-dealkylation sites (N-methyl/N-ethyl adjacent to an activating group) is 1. The second-order valence-electron chi connectivity index (χ2n) is 6.68. The highest BCUT2D eigenvalue weighted by atomic mass is 19.1. The molecule has 1 unspecified atom stereocenters. The molecular formula is C22H26FNO2. The van der Waals surface area contributed by atoms with Gasteiger partial charge in [-0.05, 0) is 49.7 Å². The summed E-state index contributed by atoms with van der Waals surface area (Å²) >= 11 is 0. The summed E-state index contributed by atoms with van der Waals surface area (Å²) < 4.78 is 24.5. The summed E-state index contributed by atoms with van der Waals surface area (Å²) in [6.07, 6.45) is 5.88. The van der Waals surface area contributed by atoms with E-state index in [1.54, 1.807) is 13.2 Å². The number of benzene rings is 2. The summed E-state index contributed by atoms with van der Waals surface area (Å²) in [5.74, 6) is 0.183. The molecule has 0 N–H and O–H groups in total. The molecule has 1 aliphatic rings. The predicted molar refractivity (Wildman–Crippen MR) is 103 cm³/mol. The first-order valence-corrected chi connectivity index (χ1v) is 9.08. The van der Waals surface area contributed by atoms with Crippen LogP contribution in [0, 0.1) is 5.82 Å². The van der Waals surface area contributed by atoms with Gasteiger partial charge in [-0.25, -0.2) is 4.39 Å². The highest BCUT2D eigenvalue weighted by Gasteiger charge is 2.20. The molecule has 4 heteroatoms. The van der Waals surface area contributed by atoms with Crippen LogP contribution in [0.3, 0.4) is 0 Å². The Morgan fingerprint density at radius 3 is 2.73 bits per heavy atom. The lowest BCUT2D eigenvalue weighted by Crippen LogP contribution is -2.34. The summed E-state index contributed by atoms with van der Waals surface area (Å²) in [6.45, 7) is 1.18. The molecule has 2 aromatic rings. The molecule has 0 bridgehead atoms. The third kappa shape index (κ3) is 4.51. The standard InChI is InChI=1S/C22H26FNO2/c1-24-13-7-6-10-19(24)15-21(17-8-4-3-5-9-17)20-12-11-18(23)14-22(20)26-16-25-2/h3-5,8-9,11-12,14-15,19H,6-7,10,13,16H2,1-2H3/b21-15+. The van der Waals surface area contributed by atoms with Gasteiger partial charge < -0.3 is 9.47 Å². The van der Waals surface area contributed by atoms with Crippen molar-refractivity contribution in [3.8, 4) is 5.75 Å². The molecule has 3 rings (SSSR count). The number of rotatable bonds is 6. The Balaban J connectivity index is 2.06. The number of nitrogens with zero attached hydrogens (tertiary/aromatic N) is 1. The average molecular weight is 355 g/mol. The molecule has 0 amide bonds. The van der Waals surface area contributed by atoms with Gasteiger partial charge in [0.1, 0.15) is 11.6 Å². The van der Waals surface area contributed by atoms with Gasteiger partial charge in [0.15, 0.2) is 6.79 Å². The van der Waals surface area contributed by atoms with Gasteiger partial charge in [0, 0.05) is 24.8 Å². The molecule has 0 aliphatic carbocycles. The SMILES string of the molecule is COCOc1cc(F)ccc1/C(=C/C1CCCCN1C)c1ccccc1. The van der Waals surface area contributed by atoms with Crippen LogP contribution >= 0.6 is 0 Å². The monoisotopic (exact) mass is 355 g/mol. The van der Waals surface area contributed by atoms with E-state index in [2.05, 4.69) is 30.2 Å². The molecule has 1 heterocycles. The molecule has 26 heavy (non-hydrogen) atoms. The van der Waals surface area contributed by atoms with Crippen molar-refractivity contribution in [3.63, 3.8) is 0 Å². The van der Waals surface area contributed by atoms with E-state index >= 15 is 0 Å². The van der Waals surface area contributed by atoms with Crippen LogP contribution in [0.4, 0.5) is 4.39 Å². The second kappa shape index (κ2) is 8.97. The van der Waals surface area contributed by atoms with Crippen LogP contribution in [0.1, 0.15) is 30.4 Å². The van der Waals surface area contributed by atoms with Crippen LogP contribution in [0.5, 0.6) is 5.75 Å². The van der Waals surface area contributed by atoms with Crippen LogP contribution in [0.25, 0.3) is 5.57 Å². The number of methoxy groups -OCH3 is 1. The molecule has 0 radical (unpaired) electrons. The van der Waals surface area contributed by atoms with Crippen molar-refractivity contribution < 1.29 is 13.9 Å². The topological polar surface area (TPSA) is 21.7 Å². The van der Waals surface area contributed by atoms with Gasteiger partial charge >= 0.3 is 0 Å². The lowest BCUT2D eigenvalue weighted by molar-refractivity contribution is 0.0507. The van der Waals surface area contributed by atoms with E-state index in [1.165, 1.54) is 25.0 Å². The van der Waals surface area contributed by atoms with Crippen molar-refractivity contribution in [1.82, 2.24) is 4.90 Å². The van der Waals surface area contributed by atoms with Crippen molar-refractivity contribution in [2.45, 2.75) is 25.3 Å². The van der Waals surface area contributed by atoms with Gasteiger partial charge in [-0.2, -0.15) is 0 Å². The lowest BCUT2D eigenvalue weighted by atomic mass is 9.92. The van der Waals surface area contributed by atoms with E-state index in [1.807, 2.05) is 18.2 Å². The predicted octanol–water partition coefficient (Wildman–Crippen LogP) is 4.72. The highest BCUT2D eigenvalue weighted by molar-refractivity contribution is 5.83. The van der Waals surface area contributed by atoms with E-state index in [0.29, 0.717) is 11.8 Å². The van der Waals surface area contributed by atoms with Gasteiger partial charge in [-0.1, -0.05) is 42.8 Å². The molecule has 2 aromatic carbocycles. The van der Waals surface area contributed by atoms with E-state index in [4.69, 9.17) is 9.47 Å². The largest absolute Gasteiger partial charge is 0.467 e. The lowest BCUT2D eigenvalue weighted by Gasteiger charge is -2.31. The summed E-state index contributed by atoms with van der Waals surface area (Å²) in [5.41, 5.74) is 3.05. The minimum Gasteiger partial charge on any atom is -0.467 e. The first kappa shape index (κ1) is 18.6. The summed E-state index contributed by atoms with van der Waals surface area (Å²) in [4.78, 5) is 2.38. The molecule has 0 saturated carbocycles. The Morgan fingerprint density at radius 2 is 2.00 bits per heavy atom. The van der Waals surface area contributed by atoms with Gasteiger partial charge in [0.2, 0.25) is 0 Å². The van der Waals surface area contributed by atoms with Crippen molar-refractivity contribution in [1.29, 1.82) is 0 Å². The van der Waals surface area contributed by atoms with Crippen LogP contribution in [-0.2, 0) is 4.74 Å². The van der Waals surface area contributed by atoms with Crippen LogP contribution < -0.4 is 4.74 Å². The highest BCUT2D eigenvalue weighted by Crippen LogP contribution is 2.33. The molecule has 0 aromatic heterocycles. The van der Waals surface area contributed by atoms with Crippen LogP contribution in [0.2, 0.25) is 0 Å². The fourth-order valence-electron chi connectivity index (χ4n) is 3.42. The van der Waals surface area contributed by atoms with Crippen molar-refractivity contribution in [3.05, 3.63) is 71.6 Å². The molecule has 3 nitrogen and oxygen atoms in total. The minimum absolute atomic E-state index is 0.0852. The molecule has 1 fully saturated rings. The second-order valence-corrected chi connectivity index (χ2v) is 6.68. The van der Waals surface area contributed by atoms with Crippen LogP contribution in [0.15, 0.2) is 54.6 Å². The molecular weight excluding hydrogens is 329 g/mol. The summed E-state index contributed by atoms with van der Waals surface area (Å²) in [7, 11) is 3.72. The van der Waals surface area contributed by atoms with Crippen LogP contribution in [-0.4, -0.2) is 38.4 Å². The molecule has 1 saturated heterocycles. The fourth-order valence-corrected chi connectivity index (χ4v) is 3.42. The normalized spacial score (nSPS) is 18.7.